The smallest absolute Gasteiger partial charge is 0.341 e. The molecule has 0 N–H and O–H groups in total. The Balaban J connectivity index is 1.39. The Labute approximate surface area is 299 Å². The van der Waals surface area contributed by atoms with E-state index in [0.717, 1.165) is 27.8 Å². The number of rotatable bonds is 16. The Kier molecular flexibility index (Phi) is 13.0. The van der Waals surface area contributed by atoms with Crippen LogP contribution in [0, 0.1) is 0 Å². The maximum absolute atomic E-state index is 12.6. The molecule has 1 aliphatic rings. The zero-order valence-corrected chi connectivity index (χ0v) is 29.0. The van der Waals surface area contributed by atoms with E-state index >= 15 is 0 Å². The second kappa shape index (κ2) is 18.4. The van der Waals surface area contributed by atoms with Crippen LogP contribution in [-0.2, 0) is 54.8 Å². The Morgan fingerprint density at radius 3 is 1.53 bits per heavy atom. The SMILES string of the molecule is COC(=O)c1ccc([C@@H]2O[C@H](COCc3ccccc3)[C@@H](OCc3ccccc3)[C@H](OCc3ccccc3)[C@@H]2OCc2ccccc2)cc1OC. The van der Waals surface area contributed by atoms with Crippen LogP contribution in [0.2, 0.25) is 0 Å². The molecule has 0 bridgehead atoms. The standard InChI is InChI=1S/C43H44O8/c1-45-37-25-35(23-24-36(37)43(44)46-2)39-41(49-28-33-19-11-5-12-20-33)42(50-29-34-21-13-6-14-22-34)40(48-27-32-17-9-4-10-18-32)38(51-39)30-47-26-31-15-7-3-8-16-31/h3-25,38-42H,26-30H2,1-2H3/t38-,39+,40-,41-,42+/m1/s1. The van der Waals surface area contributed by atoms with Crippen LogP contribution in [0.4, 0.5) is 0 Å². The van der Waals surface area contributed by atoms with Crippen LogP contribution in [0.1, 0.15) is 44.3 Å². The molecule has 0 aliphatic carbocycles. The Morgan fingerprint density at radius 1 is 0.569 bits per heavy atom. The van der Waals surface area contributed by atoms with Gasteiger partial charge in [-0.15, -0.1) is 0 Å². The van der Waals surface area contributed by atoms with Gasteiger partial charge in [0.15, 0.2) is 0 Å². The molecule has 1 fully saturated rings. The number of ether oxygens (including phenoxy) is 7. The summed E-state index contributed by atoms with van der Waals surface area (Å²) in [6.07, 6.45) is -2.98. The van der Waals surface area contributed by atoms with Crippen molar-refractivity contribution in [2.24, 2.45) is 0 Å². The monoisotopic (exact) mass is 688 g/mol. The van der Waals surface area contributed by atoms with E-state index in [1.165, 1.54) is 14.2 Å². The van der Waals surface area contributed by atoms with E-state index in [-0.39, 0.29) is 6.61 Å². The van der Waals surface area contributed by atoms with Gasteiger partial charge in [0.1, 0.15) is 41.8 Å². The zero-order valence-electron chi connectivity index (χ0n) is 29.0. The van der Waals surface area contributed by atoms with Gasteiger partial charge in [-0.2, -0.15) is 0 Å². The van der Waals surface area contributed by atoms with Crippen LogP contribution in [0.3, 0.4) is 0 Å². The molecule has 5 aromatic carbocycles. The number of hydrogen-bond donors (Lipinski definition) is 0. The van der Waals surface area contributed by atoms with Crippen LogP contribution in [0.15, 0.2) is 140 Å². The highest BCUT2D eigenvalue weighted by Crippen LogP contribution is 2.40. The molecule has 6 rings (SSSR count). The molecule has 0 spiro atoms. The molecule has 264 valence electrons. The quantitative estimate of drug-likeness (QED) is 0.0969. The summed E-state index contributed by atoms with van der Waals surface area (Å²) in [4.78, 5) is 12.6. The first-order valence-electron chi connectivity index (χ1n) is 17.1. The molecule has 1 saturated heterocycles. The molecule has 8 nitrogen and oxygen atoms in total. The molecule has 0 unspecified atom stereocenters. The van der Waals surface area contributed by atoms with E-state index in [1.807, 2.05) is 127 Å². The predicted octanol–water partition coefficient (Wildman–Crippen LogP) is 7.89. The number of benzene rings is 5. The van der Waals surface area contributed by atoms with Crippen LogP contribution in [-0.4, -0.2) is 51.2 Å². The summed E-state index contributed by atoms with van der Waals surface area (Å²) in [6, 6.07) is 45.4. The number of methoxy groups -OCH3 is 2. The Bertz CT molecular complexity index is 1770. The summed E-state index contributed by atoms with van der Waals surface area (Å²) in [5.41, 5.74) is 5.16. The van der Waals surface area contributed by atoms with Crippen LogP contribution in [0.25, 0.3) is 0 Å². The molecule has 0 saturated carbocycles. The predicted molar refractivity (Wildman–Crippen MR) is 193 cm³/mol. The van der Waals surface area contributed by atoms with E-state index in [9.17, 15) is 4.79 Å². The maximum Gasteiger partial charge on any atom is 0.341 e. The second-order valence-corrected chi connectivity index (χ2v) is 12.3. The van der Waals surface area contributed by atoms with E-state index in [2.05, 4.69) is 0 Å². The molecule has 5 aromatic rings. The van der Waals surface area contributed by atoms with E-state index in [4.69, 9.17) is 33.2 Å². The minimum atomic E-state index is -0.642. The van der Waals surface area contributed by atoms with Crippen molar-refractivity contribution in [3.63, 3.8) is 0 Å². The minimum absolute atomic E-state index is 0.235. The molecule has 1 heterocycles. The first-order valence-corrected chi connectivity index (χ1v) is 17.1. The van der Waals surface area contributed by atoms with Crippen molar-refractivity contribution in [2.45, 2.75) is 56.9 Å². The molecular formula is C43H44O8. The average Bonchev–Trinajstić information content (AvgIpc) is 3.19. The molecular weight excluding hydrogens is 644 g/mol. The van der Waals surface area contributed by atoms with Gasteiger partial charge in [0.2, 0.25) is 0 Å². The molecule has 1 aliphatic heterocycles. The normalized spacial score (nSPS) is 20.1. The summed E-state index contributed by atoms with van der Waals surface area (Å²) in [7, 11) is 2.87. The minimum Gasteiger partial charge on any atom is -0.496 e. The van der Waals surface area contributed by atoms with Gasteiger partial charge in [-0.25, -0.2) is 4.79 Å². The molecule has 0 aromatic heterocycles. The van der Waals surface area contributed by atoms with Gasteiger partial charge in [0.05, 0.1) is 47.3 Å². The lowest BCUT2D eigenvalue weighted by atomic mass is 9.89. The van der Waals surface area contributed by atoms with Crippen molar-refractivity contribution < 1.29 is 38.0 Å². The Morgan fingerprint density at radius 2 is 1.04 bits per heavy atom. The summed E-state index contributed by atoms with van der Waals surface area (Å²) in [5.74, 6) is -0.128. The first-order chi connectivity index (χ1) is 25.1. The number of carbonyl (C=O) groups is 1. The van der Waals surface area contributed by atoms with Gasteiger partial charge in [0, 0.05) is 0 Å². The van der Waals surface area contributed by atoms with E-state index in [1.54, 1.807) is 12.1 Å². The van der Waals surface area contributed by atoms with Gasteiger partial charge >= 0.3 is 5.97 Å². The molecule has 5 atom stereocenters. The van der Waals surface area contributed by atoms with Crippen molar-refractivity contribution in [1.82, 2.24) is 0 Å². The average molecular weight is 689 g/mol. The molecule has 0 amide bonds. The lowest BCUT2D eigenvalue weighted by Crippen LogP contribution is -2.58. The highest BCUT2D eigenvalue weighted by molar-refractivity contribution is 5.92. The van der Waals surface area contributed by atoms with E-state index < -0.39 is 36.5 Å². The van der Waals surface area contributed by atoms with Crippen LogP contribution in [0.5, 0.6) is 5.75 Å². The Hall–Kier alpha value is -4.83. The number of carbonyl (C=O) groups excluding carboxylic acids is 1. The number of esters is 1. The zero-order chi connectivity index (χ0) is 35.3. The third-order valence-electron chi connectivity index (χ3n) is 8.84. The maximum atomic E-state index is 12.6. The van der Waals surface area contributed by atoms with Crippen molar-refractivity contribution in [2.75, 3.05) is 20.8 Å². The van der Waals surface area contributed by atoms with E-state index in [0.29, 0.717) is 37.7 Å². The fourth-order valence-electron chi connectivity index (χ4n) is 6.22. The van der Waals surface area contributed by atoms with Gasteiger partial charge in [-0.05, 0) is 39.9 Å². The fraction of sp³-hybridized carbons (Fsp3) is 0.279. The van der Waals surface area contributed by atoms with Crippen molar-refractivity contribution >= 4 is 5.97 Å². The van der Waals surface area contributed by atoms with Crippen molar-refractivity contribution in [3.8, 4) is 5.75 Å². The topological polar surface area (TPSA) is 81.7 Å². The third-order valence-corrected chi connectivity index (χ3v) is 8.84. The molecule has 51 heavy (non-hydrogen) atoms. The highest BCUT2D eigenvalue weighted by Gasteiger charge is 2.49. The summed E-state index contributed by atoms with van der Waals surface area (Å²) < 4.78 is 44.4. The third kappa shape index (κ3) is 9.70. The van der Waals surface area contributed by atoms with Crippen LogP contribution >= 0.6 is 0 Å². The largest absolute Gasteiger partial charge is 0.496 e. The molecule has 8 heteroatoms. The highest BCUT2D eigenvalue weighted by atomic mass is 16.6. The summed E-state index contributed by atoms with van der Waals surface area (Å²) >= 11 is 0. The van der Waals surface area contributed by atoms with Gasteiger partial charge in [-0.1, -0.05) is 127 Å². The molecule has 0 radical (unpaired) electrons. The summed E-state index contributed by atoms with van der Waals surface area (Å²) in [5, 5.41) is 0. The van der Waals surface area contributed by atoms with Crippen molar-refractivity contribution in [3.05, 3.63) is 173 Å². The van der Waals surface area contributed by atoms with Gasteiger partial charge < -0.3 is 33.2 Å². The van der Waals surface area contributed by atoms with Gasteiger partial charge in [0.25, 0.3) is 0 Å². The van der Waals surface area contributed by atoms with Crippen molar-refractivity contribution in [1.29, 1.82) is 0 Å². The second-order valence-electron chi connectivity index (χ2n) is 12.3. The summed E-state index contributed by atoms with van der Waals surface area (Å²) in [6.45, 7) is 1.62. The van der Waals surface area contributed by atoms with Gasteiger partial charge in [-0.3, -0.25) is 0 Å². The number of hydrogen-bond acceptors (Lipinski definition) is 8. The fourth-order valence-corrected chi connectivity index (χ4v) is 6.22. The lowest BCUT2D eigenvalue weighted by molar-refractivity contribution is -0.275. The lowest BCUT2D eigenvalue weighted by Gasteiger charge is -2.46. The van der Waals surface area contributed by atoms with Crippen LogP contribution < -0.4 is 4.74 Å². The first kappa shape index (κ1) is 36.0.